The average Bonchev–Trinajstić information content (AvgIpc) is 2.73. The maximum atomic E-state index is 5.18. The van der Waals surface area contributed by atoms with Crippen molar-refractivity contribution < 1.29 is 4.74 Å². The van der Waals surface area contributed by atoms with Gasteiger partial charge in [-0.1, -0.05) is 0 Å². The van der Waals surface area contributed by atoms with Gasteiger partial charge in [0.2, 0.25) is 0 Å². The molecule has 0 spiro atoms. The molecule has 2 aromatic rings. The first-order valence-corrected chi connectivity index (χ1v) is 6.97. The lowest BCUT2D eigenvalue weighted by Gasteiger charge is -2.09. The highest BCUT2D eigenvalue weighted by atomic mass is 79.9. The molecule has 0 bridgehead atoms. The Morgan fingerprint density at radius 2 is 2.18 bits per heavy atom. The third kappa shape index (κ3) is 3.23. The minimum Gasteiger partial charge on any atom is -0.497 e. The minimum absolute atomic E-state index is 0.851. The third-order valence-corrected chi connectivity index (χ3v) is 4.21. The highest BCUT2D eigenvalue weighted by Gasteiger charge is 2.01. The van der Waals surface area contributed by atoms with Crippen LogP contribution in [-0.2, 0) is 6.54 Å². The Hall–Kier alpha value is -1.00. The summed E-state index contributed by atoms with van der Waals surface area (Å²) >= 11 is 5.21. The zero-order valence-electron chi connectivity index (χ0n) is 9.79. The molecule has 2 nitrogen and oxygen atoms in total. The maximum Gasteiger partial charge on any atom is 0.119 e. The van der Waals surface area contributed by atoms with Gasteiger partial charge >= 0.3 is 0 Å². The number of hydrogen-bond donors (Lipinski definition) is 1. The SMILES string of the molecule is COc1ccc(NCc2cc(Br)cs2)c(C)c1. The number of aryl methyl sites for hydroxylation is 1. The van der Waals surface area contributed by atoms with Crippen molar-refractivity contribution in [2.45, 2.75) is 13.5 Å². The smallest absolute Gasteiger partial charge is 0.119 e. The Labute approximate surface area is 114 Å². The number of thiophene rings is 1. The fourth-order valence-electron chi connectivity index (χ4n) is 1.59. The second-order valence-corrected chi connectivity index (χ2v) is 5.68. The molecule has 0 fully saturated rings. The zero-order valence-corrected chi connectivity index (χ0v) is 12.2. The van der Waals surface area contributed by atoms with E-state index in [2.05, 4.69) is 45.7 Å². The van der Waals surface area contributed by atoms with Gasteiger partial charge in [0.15, 0.2) is 0 Å². The van der Waals surface area contributed by atoms with Crippen molar-refractivity contribution in [1.82, 2.24) is 0 Å². The second-order valence-electron chi connectivity index (χ2n) is 3.77. The normalized spacial score (nSPS) is 10.3. The summed E-state index contributed by atoms with van der Waals surface area (Å²) in [6, 6.07) is 8.19. The highest BCUT2D eigenvalue weighted by molar-refractivity contribution is 9.10. The van der Waals surface area contributed by atoms with Crippen molar-refractivity contribution in [3.63, 3.8) is 0 Å². The van der Waals surface area contributed by atoms with Crippen LogP contribution in [0, 0.1) is 6.92 Å². The Balaban J connectivity index is 2.04. The van der Waals surface area contributed by atoms with Gasteiger partial charge < -0.3 is 10.1 Å². The molecule has 17 heavy (non-hydrogen) atoms. The van der Waals surface area contributed by atoms with Crippen molar-refractivity contribution in [3.05, 3.63) is 44.6 Å². The van der Waals surface area contributed by atoms with Gasteiger partial charge in [0.05, 0.1) is 7.11 Å². The summed E-state index contributed by atoms with van der Waals surface area (Å²) in [6.45, 7) is 2.93. The number of halogens is 1. The van der Waals surface area contributed by atoms with E-state index in [1.54, 1.807) is 18.4 Å². The van der Waals surface area contributed by atoms with E-state index in [9.17, 15) is 0 Å². The van der Waals surface area contributed by atoms with Gasteiger partial charge in [0.1, 0.15) is 5.75 Å². The van der Waals surface area contributed by atoms with E-state index in [1.807, 2.05) is 12.1 Å². The van der Waals surface area contributed by atoms with Crippen molar-refractivity contribution >= 4 is 33.0 Å². The lowest BCUT2D eigenvalue weighted by atomic mass is 10.2. The number of benzene rings is 1. The molecule has 2 rings (SSSR count). The quantitative estimate of drug-likeness (QED) is 0.901. The molecule has 0 aliphatic heterocycles. The molecule has 0 saturated carbocycles. The summed E-state index contributed by atoms with van der Waals surface area (Å²) in [5.74, 6) is 0.895. The third-order valence-electron chi connectivity index (χ3n) is 2.51. The standard InChI is InChI=1S/C13H14BrNOS/c1-9-5-11(16-2)3-4-13(9)15-7-12-6-10(14)8-17-12/h3-6,8,15H,7H2,1-2H3. The Morgan fingerprint density at radius 1 is 1.35 bits per heavy atom. The summed E-state index contributed by atoms with van der Waals surface area (Å²) in [4.78, 5) is 1.31. The van der Waals surface area contributed by atoms with Gasteiger partial charge in [-0.05, 0) is 52.7 Å². The molecule has 1 aromatic carbocycles. The lowest BCUT2D eigenvalue weighted by molar-refractivity contribution is 0.414. The number of methoxy groups -OCH3 is 1. The van der Waals surface area contributed by atoms with Gasteiger partial charge in [-0.2, -0.15) is 0 Å². The molecule has 0 radical (unpaired) electrons. The molecule has 90 valence electrons. The topological polar surface area (TPSA) is 21.3 Å². The number of anilines is 1. The van der Waals surface area contributed by atoms with Crippen molar-refractivity contribution in [3.8, 4) is 5.75 Å². The Kier molecular flexibility index (Phi) is 4.07. The van der Waals surface area contributed by atoms with E-state index >= 15 is 0 Å². The van der Waals surface area contributed by atoms with Crippen LogP contribution < -0.4 is 10.1 Å². The molecular weight excluding hydrogens is 298 g/mol. The van der Waals surface area contributed by atoms with Gasteiger partial charge in [0, 0.05) is 27.0 Å². The first-order chi connectivity index (χ1) is 8.19. The van der Waals surface area contributed by atoms with Crippen LogP contribution in [0.1, 0.15) is 10.4 Å². The molecule has 0 aliphatic carbocycles. The summed E-state index contributed by atoms with van der Waals surface area (Å²) < 4.78 is 6.33. The van der Waals surface area contributed by atoms with E-state index in [-0.39, 0.29) is 0 Å². The molecule has 4 heteroatoms. The summed E-state index contributed by atoms with van der Waals surface area (Å²) in [7, 11) is 1.69. The van der Waals surface area contributed by atoms with Crippen LogP contribution in [0.4, 0.5) is 5.69 Å². The minimum atomic E-state index is 0.851. The van der Waals surface area contributed by atoms with E-state index in [0.717, 1.165) is 22.5 Å². The van der Waals surface area contributed by atoms with E-state index in [1.165, 1.54) is 10.4 Å². The monoisotopic (exact) mass is 311 g/mol. The van der Waals surface area contributed by atoms with Crippen LogP contribution in [0.15, 0.2) is 34.1 Å². The molecule has 0 amide bonds. The molecule has 0 aliphatic rings. The number of rotatable bonds is 4. The van der Waals surface area contributed by atoms with Crippen LogP contribution in [0.3, 0.4) is 0 Å². The van der Waals surface area contributed by atoms with Gasteiger partial charge in [0.25, 0.3) is 0 Å². The van der Waals surface area contributed by atoms with Gasteiger partial charge in [-0.25, -0.2) is 0 Å². The lowest BCUT2D eigenvalue weighted by Crippen LogP contribution is -1.99. The van der Waals surface area contributed by atoms with Gasteiger partial charge in [-0.3, -0.25) is 0 Å². The first-order valence-electron chi connectivity index (χ1n) is 5.30. The predicted molar refractivity (Wildman–Crippen MR) is 77.1 cm³/mol. The van der Waals surface area contributed by atoms with E-state index in [4.69, 9.17) is 4.74 Å². The van der Waals surface area contributed by atoms with Crippen molar-refractivity contribution in [1.29, 1.82) is 0 Å². The fraction of sp³-hybridized carbons (Fsp3) is 0.231. The Morgan fingerprint density at radius 3 is 2.76 bits per heavy atom. The summed E-state index contributed by atoms with van der Waals surface area (Å²) in [5.41, 5.74) is 2.34. The van der Waals surface area contributed by atoms with Crippen LogP contribution in [0.5, 0.6) is 5.75 Å². The van der Waals surface area contributed by atoms with Crippen LogP contribution >= 0.6 is 27.3 Å². The molecule has 1 heterocycles. The molecule has 0 saturated heterocycles. The largest absolute Gasteiger partial charge is 0.497 e. The van der Waals surface area contributed by atoms with Gasteiger partial charge in [-0.15, -0.1) is 11.3 Å². The molecular formula is C13H14BrNOS. The van der Waals surface area contributed by atoms with E-state index in [0.29, 0.717) is 0 Å². The molecule has 0 atom stereocenters. The first kappa shape index (κ1) is 12.5. The molecule has 1 aromatic heterocycles. The number of nitrogens with one attached hydrogen (secondary N) is 1. The van der Waals surface area contributed by atoms with E-state index < -0.39 is 0 Å². The Bertz CT molecular complexity index is 510. The zero-order chi connectivity index (χ0) is 12.3. The number of hydrogen-bond acceptors (Lipinski definition) is 3. The molecule has 1 N–H and O–H groups in total. The van der Waals surface area contributed by atoms with Crippen molar-refractivity contribution in [2.75, 3.05) is 12.4 Å². The summed E-state index contributed by atoms with van der Waals surface area (Å²) in [5, 5.41) is 5.52. The second kappa shape index (κ2) is 5.56. The number of ether oxygens (including phenoxy) is 1. The maximum absolute atomic E-state index is 5.18. The fourth-order valence-corrected chi connectivity index (χ4v) is 2.98. The van der Waals surface area contributed by atoms with Crippen LogP contribution in [0.2, 0.25) is 0 Å². The predicted octanol–water partition coefficient (Wildman–Crippen LogP) is 4.44. The highest BCUT2D eigenvalue weighted by Crippen LogP contribution is 2.24. The van der Waals surface area contributed by atoms with Crippen LogP contribution in [-0.4, -0.2) is 7.11 Å². The molecule has 0 unspecified atom stereocenters. The summed E-state index contributed by atoms with van der Waals surface area (Å²) in [6.07, 6.45) is 0. The van der Waals surface area contributed by atoms with Crippen molar-refractivity contribution in [2.24, 2.45) is 0 Å². The van der Waals surface area contributed by atoms with Crippen LogP contribution in [0.25, 0.3) is 0 Å². The average molecular weight is 312 g/mol.